The van der Waals surface area contributed by atoms with Crippen LogP contribution in [0.3, 0.4) is 0 Å². The number of amides is 1. The summed E-state index contributed by atoms with van der Waals surface area (Å²) in [6, 6.07) is 9.68. The van der Waals surface area contributed by atoms with E-state index in [4.69, 9.17) is 4.74 Å². The maximum atomic E-state index is 12.9. The molecule has 0 saturated carbocycles. The van der Waals surface area contributed by atoms with E-state index in [0.29, 0.717) is 11.1 Å². The van der Waals surface area contributed by atoms with Crippen LogP contribution in [-0.4, -0.2) is 31.6 Å². The van der Waals surface area contributed by atoms with Crippen molar-refractivity contribution in [3.8, 4) is 11.5 Å². The van der Waals surface area contributed by atoms with Gasteiger partial charge in [0.1, 0.15) is 5.82 Å². The highest BCUT2D eigenvalue weighted by Crippen LogP contribution is 2.30. The number of ether oxygens (including phenoxy) is 2. The van der Waals surface area contributed by atoms with Gasteiger partial charge in [0.2, 0.25) is 0 Å². The van der Waals surface area contributed by atoms with Crippen molar-refractivity contribution in [2.24, 2.45) is 0 Å². The number of nitrogens with zero attached hydrogens (tertiary/aromatic N) is 1. The third-order valence-electron chi connectivity index (χ3n) is 3.30. The quantitative estimate of drug-likeness (QED) is 0.805. The third-order valence-corrected chi connectivity index (χ3v) is 3.30. The Balaban J connectivity index is 2.14. The minimum atomic E-state index is -2.98. The molecule has 0 spiro atoms. The Hall–Kier alpha value is -2.70. The summed E-state index contributed by atoms with van der Waals surface area (Å²) in [4.78, 5) is 13.7. The summed E-state index contributed by atoms with van der Waals surface area (Å²) in [5.74, 6) is -0.681. The summed E-state index contributed by atoms with van der Waals surface area (Å²) in [5.41, 5.74) is 0.917. The van der Waals surface area contributed by atoms with Gasteiger partial charge in [-0.2, -0.15) is 8.78 Å². The van der Waals surface area contributed by atoms with E-state index in [1.165, 1.54) is 48.4 Å². The summed E-state index contributed by atoms with van der Waals surface area (Å²) in [5, 5.41) is 0. The minimum Gasteiger partial charge on any atom is -0.493 e. The molecule has 0 N–H and O–H groups in total. The Kier molecular flexibility index (Phi) is 5.68. The molecular weight excluding hydrogens is 323 g/mol. The van der Waals surface area contributed by atoms with Gasteiger partial charge in [0.05, 0.1) is 7.11 Å². The smallest absolute Gasteiger partial charge is 0.387 e. The maximum absolute atomic E-state index is 12.9. The molecule has 24 heavy (non-hydrogen) atoms. The van der Waals surface area contributed by atoms with Gasteiger partial charge in [0, 0.05) is 19.2 Å². The number of benzene rings is 2. The molecule has 0 bridgehead atoms. The van der Waals surface area contributed by atoms with Crippen LogP contribution >= 0.6 is 0 Å². The molecule has 0 radical (unpaired) electrons. The lowest BCUT2D eigenvalue weighted by atomic mass is 10.1. The van der Waals surface area contributed by atoms with E-state index in [9.17, 15) is 18.0 Å². The predicted molar refractivity (Wildman–Crippen MR) is 81.8 cm³/mol. The second-order valence-corrected chi connectivity index (χ2v) is 5.03. The highest BCUT2D eigenvalue weighted by Gasteiger charge is 2.15. The molecule has 2 aromatic rings. The molecule has 2 rings (SSSR count). The predicted octanol–water partition coefficient (Wildman–Crippen LogP) is 3.71. The van der Waals surface area contributed by atoms with E-state index in [0.717, 1.165) is 0 Å². The van der Waals surface area contributed by atoms with E-state index in [1.807, 2.05) is 0 Å². The lowest BCUT2D eigenvalue weighted by molar-refractivity contribution is -0.0512. The Labute approximate surface area is 137 Å². The van der Waals surface area contributed by atoms with Crippen LogP contribution in [0.25, 0.3) is 0 Å². The Bertz CT molecular complexity index is 705. The summed E-state index contributed by atoms with van der Waals surface area (Å²) < 4.78 is 47.2. The van der Waals surface area contributed by atoms with E-state index >= 15 is 0 Å². The number of hydrogen-bond acceptors (Lipinski definition) is 3. The zero-order chi connectivity index (χ0) is 17.7. The zero-order valence-corrected chi connectivity index (χ0v) is 13.1. The van der Waals surface area contributed by atoms with Crippen molar-refractivity contribution in [3.63, 3.8) is 0 Å². The van der Waals surface area contributed by atoms with Crippen molar-refractivity contribution in [2.45, 2.75) is 13.2 Å². The summed E-state index contributed by atoms with van der Waals surface area (Å²) in [6.07, 6.45) is 0. The van der Waals surface area contributed by atoms with Gasteiger partial charge in [-0.25, -0.2) is 4.39 Å². The van der Waals surface area contributed by atoms with Gasteiger partial charge in [0.15, 0.2) is 11.5 Å². The van der Waals surface area contributed by atoms with Gasteiger partial charge in [-0.05, 0) is 42.0 Å². The number of carbonyl (C=O) groups is 1. The normalized spacial score (nSPS) is 10.6. The first-order chi connectivity index (χ1) is 11.4. The monoisotopic (exact) mass is 339 g/mol. The van der Waals surface area contributed by atoms with Crippen LogP contribution in [0.15, 0.2) is 42.5 Å². The first kappa shape index (κ1) is 17.7. The van der Waals surface area contributed by atoms with Crippen LogP contribution in [0, 0.1) is 5.82 Å². The van der Waals surface area contributed by atoms with Crippen molar-refractivity contribution >= 4 is 5.91 Å². The van der Waals surface area contributed by atoms with Crippen LogP contribution < -0.4 is 9.47 Å². The Morgan fingerprint density at radius 2 is 1.79 bits per heavy atom. The highest BCUT2D eigenvalue weighted by molar-refractivity contribution is 5.93. The van der Waals surface area contributed by atoms with Gasteiger partial charge < -0.3 is 14.4 Å². The summed E-state index contributed by atoms with van der Waals surface area (Å²) >= 11 is 0. The first-order valence-corrected chi connectivity index (χ1v) is 7.03. The molecule has 0 aromatic heterocycles. The Morgan fingerprint density at radius 3 is 2.38 bits per heavy atom. The van der Waals surface area contributed by atoms with E-state index in [2.05, 4.69) is 4.74 Å². The van der Waals surface area contributed by atoms with Crippen LogP contribution in [0.2, 0.25) is 0 Å². The number of alkyl halides is 2. The molecule has 0 atom stereocenters. The van der Waals surface area contributed by atoms with Gasteiger partial charge >= 0.3 is 6.61 Å². The largest absolute Gasteiger partial charge is 0.493 e. The molecule has 4 nitrogen and oxygen atoms in total. The molecule has 0 aliphatic carbocycles. The summed E-state index contributed by atoms with van der Waals surface area (Å²) in [6.45, 7) is -2.81. The van der Waals surface area contributed by atoms with Crippen LogP contribution in [0.4, 0.5) is 13.2 Å². The van der Waals surface area contributed by atoms with Crippen molar-refractivity contribution in [2.75, 3.05) is 14.2 Å². The average Bonchev–Trinajstić information content (AvgIpc) is 2.54. The molecule has 7 heteroatoms. The van der Waals surface area contributed by atoms with Gasteiger partial charge in [-0.3, -0.25) is 4.79 Å². The van der Waals surface area contributed by atoms with Crippen LogP contribution in [0.5, 0.6) is 11.5 Å². The van der Waals surface area contributed by atoms with E-state index < -0.39 is 12.4 Å². The van der Waals surface area contributed by atoms with Gasteiger partial charge in [-0.15, -0.1) is 0 Å². The standard InChI is InChI=1S/C17H16F3NO3/c1-21(16(22)12-4-6-13(18)7-5-12)10-11-3-8-14(23-2)15(9-11)24-17(19)20/h3-9,17H,10H2,1-2H3. The fourth-order valence-corrected chi connectivity index (χ4v) is 2.17. The fourth-order valence-electron chi connectivity index (χ4n) is 2.17. The van der Waals surface area contributed by atoms with Crippen molar-refractivity contribution in [1.82, 2.24) is 4.90 Å². The second kappa shape index (κ2) is 7.72. The maximum Gasteiger partial charge on any atom is 0.387 e. The molecule has 0 heterocycles. The highest BCUT2D eigenvalue weighted by atomic mass is 19.3. The van der Waals surface area contributed by atoms with Gasteiger partial charge in [-0.1, -0.05) is 6.07 Å². The van der Waals surface area contributed by atoms with Crippen molar-refractivity contribution in [1.29, 1.82) is 0 Å². The molecule has 128 valence electrons. The zero-order valence-electron chi connectivity index (χ0n) is 13.1. The van der Waals surface area contributed by atoms with Crippen molar-refractivity contribution < 1.29 is 27.4 Å². The molecule has 0 unspecified atom stereocenters. The number of methoxy groups -OCH3 is 1. The number of rotatable bonds is 6. The summed E-state index contributed by atoms with van der Waals surface area (Å²) in [7, 11) is 2.90. The van der Waals surface area contributed by atoms with Crippen LogP contribution in [0.1, 0.15) is 15.9 Å². The second-order valence-electron chi connectivity index (χ2n) is 5.03. The fraction of sp³-hybridized carbons (Fsp3) is 0.235. The van der Waals surface area contributed by atoms with Crippen LogP contribution in [-0.2, 0) is 6.54 Å². The topological polar surface area (TPSA) is 38.8 Å². The molecule has 2 aromatic carbocycles. The van der Waals surface area contributed by atoms with Gasteiger partial charge in [0.25, 0.3) is 5.91 Å². The lowest BCUT2D eigenvalue weighted by Crippen LogP contribution is -2.26. The number of halogens is 3. The minimum absolute atomic E-state index is 0.104. The SMILES string of the molecule is COc1ccc(CN(C)C(=O)c2ccc(F)cc2)cc1OC(F)F. The molecule has 0 aliphatic rings. The lowest BCUT2D eigenvalue weighted by Gasteiger charge is -2.18. The molecule has 0 saturated heterocycles. The Morgan fingerprint density at radius 1 is 1.12 bits per heavy atom. The first-order valence-electron chi connectivity index (χ1n) is 7.03. The third kappa shape index (κ3) is 4.41. The number of hydrogen-bond donors (Lipinski definition) is 0. The van der Waals surface area contributed by atoms with E-state index in [-0.39, 0.29) is 24.0 Å². The molecule has 1 amide bonds. The molecule has 0 aliphatic heterocycles. The molecule has 0 fully saturated rings. The van der Waals surface area contributed by atoms with Crippen molar-refractivity contribution in [3.05, 3.63) is 59.4 Å². The molecular formula is C17H16F3NO3. The van der Waals surface area contributed by atoms with E-state index in [1.54, 1.807) is 13.1 Å². The average molecular weight is 339 g/mol. The number of carbonyl (C=O) groups excluding carboxylic acids is 1.